The molecule has 4 heteroatoms. The molecule has 1 aliphatic rings. The van der Waals surface area contributed by atoms with Crippen molar-refractivity contribution in [2.45, 2.75) is 26.3 Å². The number of benzene rings is 2. The molecule has 1 heterocycles. The molecule has 2 aromatic rings. The number of fused-ring (bicyclic) bond motifs is 1. The smallest absolute Gasteiger partial charge is 0.247 e. The Morgan fingerprint density at radius 1 is 1.14 bits per heavy atom. The van der Waals surface area contributed by atoms with Crippen LogP contribution in [0.5, 0.6) is 0 Å². The van der Waals surface area contributed by atoms with E-state index >= 15 is 0 Å². The Morgan fingerprint density at radius 2 is 1.91 bits per heavy atom. The fourth-order valence-corrected chi connectivity index (χ4v) is 2.93. The minimum absolute atomic E-state index is 0.116. The molecule has 0 saturated heterocycles. The zero-order valence-corrected chi connectivity index (χ0v) is 12.7. The first kappa shape index (κ1) is 14.3. The van der Waals surface area contributed by atoms with Crippen LogP contribution >= 0.6 is 0 Å². The molecule has 0 radical (unpaired) electrons. The van der Waals surface area contributed by atoms with Crippen molar-refractivity contribution in [3.63, 3.8) is 0 Å². The van der Waals surface area contributed by atoms with E-state index in [0.29, 0.717) is 6.42 Å². The third-order valence-electron chi connectivity index (χ3n) is 3.90. The van der Waals surface area contributed by atoms with Gasteiger partial charge in [-0.15, -0.1) is 0 Å². The van der Waals surface area contributed by atoms with Gasteiger partial charge >= 0.3 is 0 Å². The number of amides is 2. The van der Waals surface area contributed by atoms with Gasteiger partial charge in [-0.05, 0) is 36.2 Å². The van der Waals surface area contributed by atoms with Crippen LogP contribution in [0.1, 0.15) is 18.1 Å². The third kappa shape index (κ3) is 2.60. The molecule has 1 N–H and O–H groups in total. The average Bonchev–Trinajstić information content (AvgIpc) is 2.87. The Bertz CT molecular complexity index is 739. The first-order valence-corrected chi connectivity index (χ1v) is 7.31. The van der Waals surface area contributed by atoms with Crippen molar-refractivity contribution in [1.82, 2.24) is 0 Å². The zero-order chi connectivity index (χ0) is 15.7. The highest BCUT2D eigenvalue weighted by molar-refractivity contribution is 6.06. The van der Waals surface area contributed by atoms with E-state index in [-0.39, 0.29) is 11.8 Å². The number of nitrogens with one attached hydrogen (secondary N) is 1. The number of hydrogen-bond donors (Lipinski definition) is 1. The van der Waals surface area contributed by atoms with Crippen LogP contribution in [-0.2, 0) is 16.0 Å². The molecule has 0 unspecified atom stereocenters. The summed E-state index contributed by atoms with van der Waals surface area (Å²) < 4.78 is 0. The first-order valence-electron chi connectivity index (χ1n) is 7.31. The Labute approximate surface area is 129 Å². The maximum Gasteiger partial charge on any atom is 0.247 e. The largest absolute Gasteiger partial charge is 0.324 e. The molecular weight excluding hydrogens is 276 g/mol. The highest BCUT2D eigenvalue weighted by Crippen LogP contribution is 2.32. The van der Waals surface area contributed by atoms with Crippen LogP contribution in [-0.4, -0.2) is 17.9 Å². The summed E-state index contributed by atoms with van der Waals surface area (Å²) in [4.78, 5) is 26.2. The van der Waals surface area contributed by atoms with Gasteiger partial charge < -0.3 is 5.32 Å². The van der Waals surface area contributed by atoms with E-state index in [1.807, 2.05) is 55.5 Å². The molecule has 0 bridgehead atoms. The van der Waals surface area contributed by atoms with Crippen molar-refractivity contribution >= 4 is 23.2 Å². The lowest BCUT2D eigenvalue weighted by Gasteiger charge is -2.23. The van der Waals surface area contributed by atoms with E-state index in [9.17, 15) is 9.59 Å². The van der Waals surface area contributed by atoms with Crippen molar-refractivity contribution in [3.05, 3.63) is 59.7 Å². The second-order valence-electron chi connectivity index (χ2n) is 5.60. The quantitative estimate of drug-likeness (QED) is 0.926. The first-order chi connectivity index (χ1) is 10.6. The second kappa shape index (κ2) is 5.64. The minimum Gasteiger partial charge on any atom is -0.324 e. The molecule has 0 aromatic heterocycles. The Kier molecular flexibility index (Phi) is 3.67. The van der Waals surface area contributed by atoms with Crippen molar-refractivity contribution in [2.75, 3.05) is 10.2 Å². The predicted octanol–water partition coefficient (Wildman–Crippen LogP) is 2.91. The van der Waals surface area contributed by atoms with Gasteiger partial charge in [0.15, 0.2) is 0 Å². The van der Waals surface area contributed by atoms with Gasteiger partial charge in [-0.1, -0.05) is 30.3 Å². The predicted molar refractivity (Wildman–Crippen MR) is 86.9 cm³/mol. The Morgan fingerprint density at radius 3 is 2.64 bits per heavy atom. The van der Waals surface area contributed by atoms with Crippen molar-refractivity contribution < 1.29 is 9.59 Å². The van der Waals surface area contributed by atoms with Gasteiger partial charge in [0.1, 0.15) is 6.04 Å². The maximum absolute atomic E-state index is 12.6. The SMILES string of the molecule is CC(=O)N1c2ccccc2C[C@@H]1C(=O)Nc1cccc(C)c1. The highest BCUT2D eigenvalue weighted by atomic mass is 16.2. The molecule has 112 valence electrons. The standard InChI is InChI=1S/C18H18N2O2/c1-12-6-5-8-15(10-12)19-18(22)17-11-14-7-3-4-9-16(14)20(17)13(2)21/h3-10,17H,11H2,1-2H3,(H,19,22)/t17-/m1/s1. The van der Waals surface area contributed by atoms with Gasteiger partial charge in [0.05, 0.1) is 0 Å². The number of carbonyl (C=O) groups is 2. The van der Waals surface area contributed by atoms with Crippen molar-refractivity contribution in [2.24, 2.45) is 0 Å². The van der Waals surface area contributed by atoms with E-state index in [1.54, 1.807) is 4.90 Å². The molecule has 1 aliphatic heterocycles. The molecule has 2 aromatic carbocycles. The molecule has 3 rings (SSSR count). The van der Waals surface area contributed by atoms with Gasteiger partial charge in [-0.3, -0.25) is 14.5 Å². The van der Waals surface area contributed by atoms with Gasteiger partial charge in [-0.2, -0.15) is 0 Å². The summed E-state index contributed by atoms with van der Waals surface area (Å²) in [6, 6.07) is 14.8. The van der Waals surface area contributed by atoms with Crippen LogP contribution in [0.15, 0.2) is 48.5 Å². The van der Waals surface area contributed by atoms with Gasteiger partial charge in [0.2, 0.25) is 11.8 Å². The fraction of sp³-hybridized carbons (Fsp3) is 0.222. The topological polar surface area (TPSA) is 49.4 Å². The summed E-state index contributed by atoms with van der Waals surface area (Å²) >= 11 is 0. The normalized spacial score (nSPS) is 16.3. The molecule has 22 heavy (non-hydrogen) atoms. The van der Waals surface area contributed by atoms with Gasteiger partial charge in [-0.25, -0.2) is 0 Å². The maximum atomic E-state index is 12.6. The summed E-state index contributed by atoms with van der Waals surface area (Å²) in [6.07, 6.45) is 0.549. The van der Waals surface area contributed by atoms with Crippen LogP contribution < -0.4 is 10.2 Å². The molecule has 0 saturated carbocycles. The number of para-hydroxylation sites is 1. The molecular formula is C18H18N2O2. The number of anilines is 2. The lowest BCUT2D eigenvalue weighted by atomic mass is 10.1. The Balaban J connectivity index is 1.85. The van der Waals surface area contributed by atoms with E-state index in [1.165, 1.54) is 6.92 Å². The van der Waals surface area contributed by atoms with Crippen LogP contribution in [0.2, 0.25) is 0 Å². The lowest BCUT2D eigenvalue weighted by Crippen LogP contribution is -2.44. The number of carbonyl (C=O) groups excluding carboxylic acids is 2. The van der Waals surface area contributed by atoms with E-state index < -0.39 is 6.04 Å². The number of aryl methyl sites for hydroxylation is 1. The third-order valence-corrected chi connectivity index (χ3v) is 3.90. The molecule has 0 fully saturated rings. The summed E-state index contributed by atoms with van der Waals surface area (Å²) in [7, 11) is 0. The number of rotatable bonds is 2. The second-order valence-corrected chi connectivity index (χ2v) is 5.60. The summed E-state index contributed by atoms with van der Waals surface area (Å²) in [5.74, 6) is -0.272. The molecule has 4 nitrogen and oxygen atoms in total. The van der Waals surface area contributed by atoms with Crippen LogP contribution in [0, 0.1) is 6.92 Å². The Hall–Kier alpha value is -2.62. The van der Waals surface area contributed by atoms with Gasteiger partial charge in [0.25, 0.3) is 0 Å². The van der Waals surface area contributed by atoms with Crippen LogP contribution in [0.25, 0.3) is 0 Å². The van der Waals surface area contributed by atoms with Crippen LogP contribution in [0.3, 0.4) is 0 Å². The molecule has 0 aliphatic carbocycles. The minimum atomic E-state index is -0.490. The summed E-state index contributed by atoms with van der Waals surface area (Å²) in [5.41, 5.74) is 3.70. The fourth-order valence-electron chi connectivity index (χ4n) is 2.93. The van der Waals surface area contributed by atoms with Crippen molar-refractivity contribution in [1.29, 1.82) is 0 Å². The summed E-state index contributed by atoms with van der Waals surface area (Å²) in [6.45, 7) is 3.47. The van der Waals surface area contributed by atoms with Crippen LogP contribution in [0.4, 0.5) is 11.4 Å². The number of hydrogen-bond acceptors (Lipinski definition) is 2. The molecule has 1 atom stereocenters. The monoisotopic (exact) mass is 294 g/mol. The molecule has 0 spiro atoms. The van der Waals surface area contributed by atoms with Gasteiger partial charge in [0, 0.05) is 24.7 Å². The van der Waals surface area contributed by atoms with E-state index in [0.717, 1.165) is 22.5 Å². The molecule has 2 amide bonds. The summed E-state index contributed by atoms with van der Waals surface area (Å²) in [5, 5.41) is 2.91. The van der Waals surface area contributed by atoms with E-state index in [4.69, 9.17) is 0 Å². The van der Waals surface area contributed by atoms with E-state index in [2.05, 4.69) is 5.32 Å². The zero-order valence-electron chi connectivity index (χ0n) is 12.7. The average molecular weight is 294 g/mol. The lowest BCUT2D eigenvalue weighted by molar-refractivity contribution is -0.122. The van der Waals surface area contributed by atoms with Crippen molar-refractivity contribution in [3.8, 4) is 0 Å². The highest BCUT2D eigenvalue weighted by Gasteiger charge is 2.36. The number of nitrogens with zero attached hydrogens (tertiary/aromatic N) is 1.